The fourth-order valence-electron chi connectivity index (χ4n) is 2.06. The maximum absolute atomic E-state index is 11.4. The predicted octanol–water partition coefficient (Wildman–Crippen LogP) is 1.22. The van der Waals surface area contributed by atoms with Crippen LogP contribution in [0.25, 0.3) is 0 Å². The summed E-state index contributed by atoms with van der Waals surface area (Å²) in [6.07, 6.45) is 1.05. The van der Waals surface area contributed by atoms with E-state index < -0.39 is 0 Å². The van der Waals surface area contributed by atoms with E-state index in [0.29, 0.717) is 23.5 Å². The third-order valence-corrected chi connectivity index (χ3v) is 2.82. The SMILES string of the molecule is CNC(=O)c1ccc(NC(CC(C)C)CN(C)C)nn1. The van der Waals surface area contributed by atoms with Crippen molar-refractivity contribution in [1.82, 2.24) is 20.4 Å². The Hall–Kier alpha value is -1.69. The zero-order chi connectivity index (χ0) is 15.1. The van der Waals surface area contributed by atoms with Gasteiger partial charge in [-0.3, -0.25) is 4.79 Å². The smallest absolute Gasteiger partial charge is 0.271 e. The number of aromatic nitrogens is 2. The minimum atomic E-state index is -0.226. The predicted molar refractivity (Wildman–Crippen MR) is 80.8 cm³/mol. The van der Waals surface area contributed by atoms with E-state index in [9.17, 15) is 4.79 Å². The molecule has 6 heteroatoms. The molecule has 0 aliphatic rings. The zero-order valence-corrected chi connectivity index (χ0v) is 13.0. The zero-order valence-electron chi connectivity index (χ0n) is 13.0. The van der Waals surface area contributed by atoms with Crippen molar-refractivity contribution in [2.75, 3.05) is 33.0 Å². The van der Waals surface area contributed by atoms with Gasteiger partial charge in [0.05, 0.1) is 0 Å². The summed E-state index contributed by atoms with van der Waals surface area (Å²) in [6, 6.07) is 3.78. The van der Waals surface area contributed by atoms with Crippen molar-refractivity contribution in [3.8, 4) is 0 Å². The Morgan fingerprint density at radius 2 is 2.00 bits per heavy atom. The molecule has 0 bridgehead atoms. The molecule has 112 valence electrons. The molecular formula is C14H25N5O. The molecule has 1 aromatic heterocycles. The molecule has 1 atom stereocenters. The average Bonchev–Trinajstić information content (AvgIpc) is 2.37. The topological polar surface area (TPSA) is 70.2 Å². The van der Waals surface area contributed by atoms with Crippen molar-refractivity contribution in [2.45, 2.75) is 26.3 Å². The van der Waals surface area contributed by atoms with Gasteiger partial charge in [-0.25, -0.2) is 0 Å². The summed E-state index contributed by atoms with van der Waals surface area (Å²) in [5.74, 6) is 1.08. The number of nitrogens with zero attached hydrogens (tertiary/aromatic N) is 3. The molecule has 0 aliphatic heterocycles. The lowest BCUT2D eigenvalue weighted by molar-refractivity contribution is 0.0957. The van der Waals surface area contributed by atoms with E-state index in [4.69, 9.17) is 0 Å². The molecule has 0 aliphatic carbocycles. The number of hydrogen-bond donors (Lipinski definition) is 2. The van der Waals surface area contributed by atoms with Gasteiger partial charge in [0.25, 0.3) is 5.91 Å². The van der Waals surface area contributed by atoms with Crippen LogP contribution in [0.1, 0.15) is 30.8 Å². The second-order valence-corrected chi connectivity index (χ2v) is 5.62. The molecule has 0 saturated carbocycles. The quantitative estimate of drug-likeness (QED) is 0.785. The Balaban J connectivity index is 2.70. The lowest BCUT2D eigenvalue weighted by Crippen LogP contribution is -2.34. The van der Waals surface area contributed by atoms with Crippen LogP contribution < -0.4 is 10.6 Å². The number of nitrogens with one attached hydrogen (secondary N) is 2. The third-order valence-electron chi connectivity index (χ3n) is 2.82. The highest BCUT2D eigenvalue weighted by Crippen LogP contribution is 2.11. The van der Waals surface area contributed by atoms with E-state index in [-0.39, 0.29) is 5.91 Å². The highest BCUT2D eigenvalue weighted by atomic mass is 16.1. The first-order chi connectivity index (χ1) is 9.42. The van der Waals surface area contributed by atoms with E-state index in [0.717, 1.165) is 13.0 Å². The van der Waals surface area contributed by atoms with Crippen molar-refractivity contribution in [1.29, 1.82) is 0 Å². The Kier molecular flexibility index (Phi) is 6.38. The van der Waals surface area contributed by atoms with Crippen LogP contribution in [0.3, 0.4) is 0 Å². The van der Waals surface area contributed by atoms with Crippen LogP contribution in [0, 0.1) is 5.92 Å². The van der Waals surface area contributed by atoms with Crippen LogP contribution in [0.4, 0.5) is 5.82 Å². The number of anilines is 1. The molecule has 0 aromatic carbocycles. The van der Waals surface area contributed by atoms with Crippen molar-refractivity contribution in [2.24, 2.45) is 5.92 Å². The van der Waals surface area contributed by atoms with Gasteiger partial charge in [-0.05, 0) is 38.6 Å². The van der Waals surface area contributed by atoms with Crippen LogP contribution >= 0.6 is 0 Å². The maximum atomic E-state index is 11.4. The second-order valence-electron chi connectivity index (χ2n) is 5.62. The van der Waals surface area contributed by atoms with E-state index in [1.54, 1.807) is 19.2 Å². The number of rotatable bonds is 7. The third kappa shape index (κ3) is 5.52. The first-order valence-corrected chi connectivity index (χ1v) is 6.89. The Morgan fingerprint density at radius 3 is 2.45 bits per heavy atom. The number of amides is 1. The highest BCUT2D eigenvalue weighted by Gasteiger charge is 2.13. The summed E-state index contributed by atoms with van der Waals surface area (Å²) in [5.41, 5.74) is 0.325. The minimum Gasteiger partial charge on any atom is -0.365 e. The van der Waals surface area contributed by atoms with Gasteiger partial charge in [-0.1, -0.05) is 13.8 Å². The molecule has 1 unspecified atom stereocenters. The first kappa shape index (κ1) is 16.4. The molecule has 0 fully saturated rings. The number of likely N-dealkylation sites (N-methyl/N-ethyl adjacent to an activating group) is 1. The summed E-state index contributed by atoms with van der Waals surface area (Å²) in [5, 5.41) is 13.9. The standard InChI is InChI=1S/C14H25N5O/c1-10(2)8-11(9-19(4)5)16-13-7-6-12(17-18-13)14(20)15-3/h6-7,10-11H,8-9H2,1-5H3,(H,15,20)(H,16,18). The molecule has 1 aromatic rings. The Morgan fingerprint density at radius 1 is 1.30 bits per heavy atom. The van der Waals surface area contributed by atoms with Gasteiger partial charge in [0.1, 0.15) is 5.82 Å². The molecule has 0 spiro atoms. The van der Waals surface area contributed by atoms with Crippen molar-refractivity contribution in [3.05, 3.63) is 17.8 Å². The lowest BCUT2D eigenvalue weighted by Gasteiger charge is -2.24. The van der Waals surface area contributed by atoms with Gasteiger partial charge in [0.2, 0.25) is 0 Å². The van der Waals surface area contributed by atoms with Gasteiger partial charge >= 0.3 is 0 Å². The molecule has 2 N–H and O–H groups in total. The molecule has 1 heterocycles. The fraction of sp³-hybridized carbons (Fsp3) is 0.643. The minimum absolute atomic E-state index is 0.226. The van der Waals surface area contributed by atoms with E-state index in [2.05, 4.69) is 53.7 Å². The lowest BCUT2D eigenvalue weighted by atomic mass is 10.0. The average molecular weight is 279 g/mol. The normalized spacial score (nSPS) is 12.6. The molecule has 20 heavy (non-hydrogen) atoms. The number of carbonyl (C=O) groups is 1. The van der Waals surface area contributed by atoms with Crippen LogP contribution in [0.2, 0.25) is 0 Å². The number of carbonyl (C=O) groups excluding carboxylic acids is 1. The first-order valence-electron chi connectivity index (χ1n) is 6.89. The van der Waals surface area contributed by atoms with E-state index >= 15 is 0 Å². The number of hydrogen-bond acceptors (Lipinski definition) is 5. The molecule has 0 saturated heterocycles. The van der Waals surface area contributed by atoms with Gasteiger partial charge in [-0.15, -0.1) is 10.2 Å². The van der Waals surface area contributed by atoms with Crippen molar-refractivity contribution < 1.29 is 4.79 Å². The van der Waals surface area contributed by atoms with Gasteiger partial charge in [-0.2, -0.15) is 0 Å². The second kappa shape index (κ2) is 7.79. The van der Waals surface area contributed by atoms with Crippen LogP contribution in [-0.2, 0) is 0 Å². The fourth-order valence-corrected chi connectivity index (χ4v) is 2.06. The van der Waals surface area contributed by atoms with Crippen LogP contribution in [-0.4, -0.2) is 54.7 Å². The summed E-state index contributed by atoms with van der Waals surface area (Å²) >= 11 is 0. The van der Waals surface area contributed by atoms with Crippen LogP contribution in [0.5, 0.6) is 0 Å². The molecule has 1 amide bonds. The highest BCUT2D eigenvalue weighted by molar-refractivity contribution is 5.91. The van der Waals surface area contributed by atoms with E-state index in [1.165, 1.54) is 0 Å². The molecule has 6 nitrogen and oxygen atoms in total. The summed E-state index contributed by atoms with van der Waals surface area (Å²) in [7, 11) is 5.68. The Labute approximate surface area is 121 Å². The van der Waals surface area contributed by atoms with Crippen LogP contribution in [0.15, 0.2) is 12.1 Å². The maximum Gasteiger partial charge on any atom is 0.271 e. The summed E-state index contributed by atoms with van der Waals surface area (Å²) in [4.78, 5) is 13.5. The molecule has 0 radical (unpaired) electrons. The Bertz CT molecular complexity index is 406. The van der Waals surface area contributed by atoms with Crippen molar-refractivity contribution >= 4 is 11.7 Å². The van der Waals surface area contributed by atoms with E-state index in [1.807, 2.05) is 0 Å². The van der Waals surface area contributed by atoms with Crippen molar-refractivity contribution in [3.63, 3.8) is 0 Å². The summed E-state index contributed by atoms with van der Waals surface area (Å²) < 4.78 is 0. The molecule has 1 rings (SSSR count). The van der Waals surface area contributed by atoms with Gasteiger partial charge in [0.15, 0.2) is 5.69 Å². The van der Waals surface area contributed by atoms with Gasteiger partial charge in [0, 0.05) is 19.6 Å². The molecular weight excluding hydrogens is 254 g/mol. The monoisotopic (exact) mass is 279 g/mol. The largest absolute Gasteiger partial charge is 0.365 e. The van der Waals surface area contributed by atoms with Gasteiger partial charge < -0.3 is 15.5 Å². The summed E-state index contributed by atoms with van der Waals surface area (Å²) in [6.45, 7) is 5.33.